The van der Waals surface area contributed by atoms with Crippen molar-refractivity contribution >= 4 is 5.91 Å². The highest BCUT2D eigenvalue weighted by atomic mass is 16.5. The highest BCUT2D eigenvalue weighted by molar-refractivity contribution is 5.76. The summed E-state index contributed by atoms with van der Waals surface area (Å²) in [5.74, 6) is 0.762. The van der Waals surface area contributed by atoms with Gasteiger partial charge in [-0.25, -0.2) is 4.98 Å². The van der Waals surface area contributed by atoms with Crippen LogP contribution in [0.25, 0.3) is 0 Å². The molecule has 0 aliphatic carbocycles. The lowest BCUT2D eigenvalue weighted by atomic mass is 10.2. The summed E-state index contributed by atoms with van der Waals surface area (Å²) in [4.78, 5) is 17.5. The number of rotatable bonds is 4. The highest BCUT2D eigenvalue weighted by Crippen LogP contribution is 2.03. The van der Waals surface area contributed by atoms with Crippen LogP contribution >= 0.6 is 0 Å². The van der Waals surface area contributed by atoms with Crippen LogP contribution in [0.15, 0.2) is 6.33 Å². The van der Waals surface area contributed by atoms with Gasteiger partial charge in [0.25, 0.3) is 0 Å². The molecule has 1 saturated heterocycles. The van der Waals surface area contributed by atoms with Gasteiger partial charge in [0.05, 0.1) is 19.8 Å². The molecule has 1 atom stereocenters. The van der Waals surface area contributed by atoms with Crippen molar-refractivity contribution in [1.29, 1.82) is 0 Å². The molecular weight excluding hydrogens is 222 g/mol. The number of nitrogens with zero attached hydrogens (tertiary/aromatic N) is 3. The predicted molar refractivity (Wildman–Crippen MR) is 60.1 cm³/mol. The summed E-state index contributed by atoms with van der Waals surface area (Å²) in [6.07, 6.45) is 1.88. The van der Waals surface area contributed by atoms with Gasteiger partial charge < -0.3 is 15.0 Å². The average Bonchev–Trinajstić information content (AvgIpc) is 2.83. The monoisotopic (exact) mass is 239 g/mol. The van der Waals surface area contributed by atoms with E-state index in [1.807, 2.05) is 0 Å². The van der Waals surface area contributed by atoms with E-state index in [9.17, 15) is 4.79 Å². The standard InChI is InChI=1S/C10H17N5O2/c1-15(5-9-12-7-13-14-9)10(16)4-8-6-17-3-2-11-8/h7-8,11H,2-6H2,1H3,(H,12,13,14). The molecule has 1 aliphatic heterocycles. The molecule has 1 fully saturated rings. The van der Waals surface area contributed by atoms with Gasteiger partial charge in [-0.05, 0) is 0 Å². The maximum atomic E-state index is 11.9. The van der Waals surface area contributed by atoms with Crippen molar-refractivity contribution in [2.75, 3.05) is 26.8 Å². The van der Waals surface area contributed by atoms with Crippen LogP contribution in [0, 0.1) is 0 Å². The molecule has 0 saturated carbocycles. The van der Waals surface area contributed by atoms with Crippen molar-refractivity contribution in [3.8, 4) is 0 Å². The van der Waals surface area contributed by atoms with Crippen molar-refractivity contribution in [1.82, 2.24) is 25.4 Å². The zero-order chi connectivity index (χ0) is 12.1. The SMILES string of the molecule is CN(Cc1ncn[nH]1)C(=O)CC1COCCN1. The molecule has 1 unspecified atom stereocenters. The number of aromatic amines is 1. The maximum absolute atomic E-state index is 11.9. The molecule has 2 rings (SSSR count). The molecule has 2 N–H and O–H groups in total. The summed E-state index contributed by atoms with van der Waals surface area (Å²) in [7, 11) is 1.76. The number of H-pyrrole nitrogens is 1. The Balaban J connectivity index is 1.78. The summed E-state index contributed by atoms with van der Waals surface area (Å²) in [5.41, 5.74) is 0. The molecule has 1 aromatic heterocycles. The molecule has 0 radical (unpaired) electrons. The summed E-state index contributed by atoms with van der Waals surface area (Å²) in [5, 5.41) is 9.73. The van der Waals surface area contributed by atoms with E-state index >= 15 is 0 Å². The predicted octanol–water partition coefficient (Wildman–Crippen LogP) is -0.858. The van der Waals surface area contributed by atoms with Gasteiger partial charge in [0.1, 0.15) is 12.2 Å². The number of aromatic nitrogens is 3. The maximum Gasteiger partial charge on any atom is 0.224 e. The second-order valence-corrected chi connectivity index (χ2v) is 4.11. The van der Waals surface area contributed by atoms with E-state index in [0.717, 1.165) is 13.2 Å². The molecule has 2 heterocycles. The zero-order valence-electron chi connectivity index (χ0n) is 9.85. The van der Waals surface area contributed by atoms with Gasteiger partial charge >= 0.3 is 0 Å². The molecule has 7 heteroatoms. The molecule has 1 aromatic rings. The third-order valence-corrected chi connectivity index (χ3v) is 2.70. The van der Waals surface area contributed by atoms with Gasteiger partial charge in [-0.1, -0.05) is 0 Å². The molecule has 0 aromatic carbocycles. The number of ether oxygens (including phenoxy) is 1. The minimum Gasteiger partial charge on any atom is -0.378 e. The number of amides is 1. The van der Waals surface area contributed by atoms with E-state index < -0.39 is 0 Å². The van der Waals surface area contributed by atoms with E-state index in [4.69, 9.17) is 4.74 Å². The molecule has 94 valence electrons. The minimum absolute atomic E-state index is 0.0735. The molecule has 0 spiro atoms. The largest absolute Gasteiger partial charge is 0.378 e. The van der Waals surface area contributed by atoms with Crippen LogP contribution in [0.2, 0.25) is 0 Å². The first kappa shape index (κ1) is 12.0. The van der Waals surface area contributed by atoms with Gasteiger partial charge in [-0.2, -0.15) is 5.10 Å². The first-order valence-electron chi connectivity index (χ1n) is 5.65. The second kappa shape index (κ2) is 5.74. The number of carbonyl (C=O) groups is 1. The Morgan fingerprint density at radius 1 is 1.71 bits per heavy atom. The topological polar surface area (TPSA) is 83.1 Å². The summed E-state index contributed by atoms with van der Waals surface area (Å²) < 4.78 is 5.31. The molecular formula is C10H17N5O2. The summed E-state index contributed by atoms with van der Waals surface area (Å²) in [6, 6.07) is 0.119. The van der Waals surface area contributed by atoms with Crippen LogP contribution in [0.1, 0.15) is 12.2 Å². The fourth-order valence-corrected chi connectivity index (χ4v) is 1.74. The van der Waals surface area contributed by atoms with Crippen molar-refractivity contribution in [3.05, 3.63) is 12.2 Å². The van der Waals surface area contributed by atoms with Crippen molar-refractivity contribution in [2.45, 2.75) is 19.0 Å². The van der Waals surface area contributed by atoms with E-state index in [0.29, 0.717) is 25.4 Å². The van der Waals surface area contributed by atoms with Crippen molar-refractivity contribution in [3.63, 3.8) is 0 Å². The number of hydrogen-bond donors (Lipinski definition) is 2. The molecule has 0 bridgehead atoms. The van der Waals surface area contributed by atoms with Crippen molar-refractivity contribution < 1.29 is 9.53 Å². The fourth-order valence-electron chi connectivity index (χ4n) is 1.74. The molecule has 1 aliphatic rings. The van der Waals surface area contributed by atoms with E-state index in [-0.39, 0.29) is 11.9 Å². The molecule has 1 amide bonds. The quantitative estimate of drug-likeness (QED) is 0.714. The smallest absolute Gasteiger partial charge is 0.224 e. The highest BCUT2D eigenvalue weighted by Gasteiger charge is 2.19. The van der Waals surface area contributed by atoms with Gasteiger partial charge in [0.2, 0.25) is 5.91 Å². The third-order valence-electron chi connectivity index (χ3n) is 2.70. The van der Waals surface area contributed by atoms with Gasteiger partial charge in [-0.3, -0.25) is 9.89 Å². The number of carbonyl (C=O) groups excluding carboxylic acids is 1. The van der Waals surface area contributed by atoms with Crippen LogP contribution in [0.4, 0.5) is 0 Å². The first-order chi connectivity index (χ1) is 8.25. The zero-order valence-corrected chi connectivity index (χ0v) is 9.85. The Kier molecular flexibility index (Phi) is 4.05. The van der Waals surface area contributed by atoms with Crippen LogP contribution in [0.3, 0.4) is 0 Å². The summed E-state index contributed by atoms with van der Waals surface area (Å²) in [6.45, 7) is 2.58. The van der Waals surface area contributed by atoms with E-state index in [1.165, 1.54) is 6.33 Å². The third kappa shape index (κ3) is 3.50. The lowest BCUT2D eigenvalue weighted by molar-refractivity contribution is -0.131. The number of nitrogens with one attached hydrogen (secondary N) is 2. The second-order valence-electron chi connectivity index (χ2n) is 4.11. The normalized spacial score (nSPS) is 20.2. The Hall–Kier alpha value is -1.47. The molecule has 17 heavy (non-hydrogen) atoms. The van der Waals surface area contributed by atoms with Crippen LogP contribution < -0.4 is 5.32 Å². The van der Waals surface area contributed by atoms with E-state index in [2.05, 4.69) is 20.5 Å². The lowest BCUT2D eigenvalue weighted by Gasteiger charge is -2.25. The number of morpholine rings is 1. The first-order valence-corrected chi connectivity index (χ1v) is 5.65. The Morgan fingerprint density at radius 3 is 3.24 bits per heavy atom. The number of hydrogen-bond acceptors (Lipinski definition) is 5. The van der Waals surface area contributed by atoms with Crippen LogP contribution in [0.5, 0.6) is 0 Å². The van der Waals surface area contributed by atoms with Gasteiger partial charge in [0.15, 0.2) is 0 Å². The Labute approximate surface area is 99.5 Å². The van der Waals surface area contributed by atoms with Gasteiger partial charge in [-0.15, -0.1) is 0 Å². The van der Waals surface area contributed by atoms with Crippen LogP contribution in [-0.2, 0) is 16.1 Å². The molecule has 7 nitrogen and oxygen atoms in total. The Morgan fingerprint density at radius 2 is 2.59 bits per heavy atom. The lowest BCUT2D eigenvalue weighted by Crippen LogP contribution is -2.44. The fraction of sp³-hybridized carbons (Fsp3) is 0.700. The van der Waals surface area contributed by atoms with Crippen LogP contribution in [-0.4, -0.2) is 58.8 Å². The summed E-state index contributed by atoms with van der Waals surface area (Å²) >= 11 is 0. The van der Waals surface area contributed by atoms with Gasteiger partial charge in [0, 0.05) is 26.1 Å². The minimum atomic E-state index is 0.0735. The Bertz CT molecular complexity index is 348. The van der Waals surface area contributed by atoms with E-state index in [1.54, 1.807) is 11.9 Å². The van der Waals surface area contributed by atoms with Crippen molar-refractivity contribution in [2.24, 2.45) is 0 Å². The average molecular weight is 239 g/mol.